The second kappa shape index (κ2) is 4.45. The van der Waals surface area contributed by atoms with Crippen LogP contribution in [0.3, 0.4) is 0 Å². The predicted octanol–water partition coefficient (Wildman–Crippen LogP) is 1.07. The van der Waals surface area contributed by atoms with Gasteiger partial charge < -0.3 is 5.32 Å². The molecule has 0 spiro atoms. The third-order valence-corrected chi connectivity index (χ3v) is 3.65. The van der Waals surface area contributed by atoms with Crippen molar-refractivity contribution in [1.82, 2.24) is 14.9 Å². The Hall–Kier alpha value is -0.680. The molecule has 2 heterocycles. The van der Waals surface area contributed by atoms with Gasteiger partial charge in [-0.05, 0) is 42.2 Å². The number of nitrogens with zero attached hydrogens (tertiary/aromatic N) is 2. The van der Waals surface area contributed by atoms with Crippen LogP contribution in [0, 0.1) is 6.92 Å². The number of rotatable bonds is 2. The molecule has 82 valence electrons. The van der Waals surface area contributed by atoms with Crippen molar-refractivity contribution in [2.45, 2.75) is 32.4 Å². The summed E-state index contributed by atoms with van der Waals surface area (Å²) in [7, 11) is 0. The van der Waals surface area contributed by atoms with Crippen LogP contribution in [-0.4, -0.2) is 22.1 Å². The van der Waals surface area contributed by atoms with Gasteiger partial charge in [-0.1, -0.05) is 0 Å². The number of aromatic nitrogens is 2. The summed E-state index contributed by atoms with van der Waals surface area (Å²) in [6.07, 6.45) is 3.96. The highest BCUT2D eigenvalue weighted by Crippen LogP contribution is 2.09. The fourth-order valence-electron chi connectivity index (χ4n) is 1.83. The molecule has 1 N–H and O–H groups in total. The lowest BCUT2D eigenvalue weighted by Gasteiger charge is -2.12. The zero-order valence-corrected chi connectivity index (χ0v) is 10.2. The molecule has 1 unspecified atom stereocenters. The third kappa shape index (κ3) is 2.29. The number of hydrogen-bond donors (Lipinski definition) is 1. The van der Waals surface area contributed by atoms with Gasteiger partial charge in [0.2, 0.25) is 0 Å². The maximum absolute atomic E-state index is 11.8. The van der Waals surface area contributed by atoms with E-state index in [0.717, 1.165) is 18.7 Å². The standard InChI is InChI=1S/C10H14BrN3O/c1-7-9(11)10(15)14(6-13-7)5-8-3-2-4-12-8/h6,8,12H,2-5H2,1H3. The summed E-state index contributed by atoms with van der Waals surface area (Å²) in [5.41, 5.74) is 0.756. The molecule has 0 radical (unpaired) electrons. The van der Waals surface area contributed by atoms with Gasteiger partial charge in [-0.25, -0.2) is 4.98 Å². The Morgan fingerprint density at radius 2 is 2.53 bits per heavy atom. The largest absolute Gasteiger partial charge is 0.312 e. The van der Waals surface area contributed by atoms with Gasteiger partial charge in [-0.2, -0.15) is 0 Å². The van der Waals surface area contributed by atoms with E-state index in [0.29, 0.717) is 17.1 Å². The molecule has 0 saturated carbocycles. The monoisotopic (exact) mass is 271 g/mol. The Bertz CT molecular complexity index is 410. The summed E-state index contributed by atoms with van der Waals surface area (Å²) in [6, 6.07) is 0.416. The summed E-state index contributed by atoms with van der Waals surface area (Å²) < 4.78 is 2.24. The van der Waals surface area contributed by atoms with Crippen LogP contribution in [0.15, 0.2) is 15.6 Å². The lowest BCUT2D eigenvalue weighted by atomic mass is 10.2. The van der Waals surface area contributed by atoms with Gasteiger partial charge in [0.1, 0.15) is 4.47 Å². The van der Waals surface area contributed by atoms with Crippen LogP contribution in [0.5, 0.6) is 0 Å². The Morgan fingerprint density at radius 1 is 1.73 bits per heavy atom. The molecule has 1 fully saturated rings. The molecule has 1 aliphatic heterocycles. The van der Waals surface area contributed by atoms with Gasteiger partial charge in [0.05, 0.1) is 12.0 Å². The third-order valence-electron chi connectivity index (χ3n) is 2.74. The van der Waals surface area contributed by atoms with E-state index in [1.54, 1.807) is 10.9 Å². The lowest BCUT2D eigenvalue weighted by Crippen LogP contribution is -2.32. The summed E-state index contributed by atoms with van der Waals surface area (Å²) in [4.78, 5) is 16.0. The van der Waals surface area contributed by atoms with E-state index in [1.807, 2.05) is 6.92 Å². The molecular formula is C10H14BrN3O. The Morgan fingerprint density at radius 3 is 3.20 bits per heavy atom. The fourth-order valence-corrected chi connectivity index (χ4v) is 2.16. The van der Waals surface area contributed by atoms with Crippen LogP contribution in [0.1, 0.15) is 18.5 Å². The van der Waals surface area contributed by atoms with Crippen molar-refractivity contribution in [3.63, 3.8) is 0 Å². The molecule has 1 aromatic rings. The molecule has 1 aliphatic rings. The molecule has 15 heavy (non-hydrogen) atoms. The number of nitrogens with one attached hydrogen (secondary N) is 1. The number of halogens is 1. The van der Waals surface area contributed by atoms with Crippen LogP contribution in [-0.2, 0) is 6.54 Å². The zero-order valence-electron chi connectivity index (χ0n) is 8.66. The predicted molar refractivity (Wildman–Crippen MR) is 62.0 cm³/mol. The Kier molecular flexibility index (Phi) is 3.21. The first-order valence-electron chi connectivity index (χ1n) is 5.13. The maximum Gasteiger partial charge on any atom is 0.267 e. The summed E-state index contributed by atoms with van der Waals surface area (Å²) in [6.45, 7) is 3.59. The number of hydrogen-bond acceptors (Lipinski definition) is 3. The van der Waals surface area contributed by atoms with Crippen LogP contribution in [0.2, 0.25) is 0 Å². The SMILES string of the molecule is Cc1ncn(CC2CCCN2)c(=O)c1Br. The highest BCUT2D eigenvalue weighted by atomic mass is 79.9. The number of aryl methyl sites for hydroxylation is 1. The molecule has 0 bridgehead atoms. The van der Waals surface area contributed by atoms with Crippen molar-refractivity contribution < 1.29 is 0 Å². The molecule has 1 saturated heterocycles. The minimum absolute atomic E-state index is 0.0104. The van der Waals surface area contributed by atoms with E-state index in [2.05, 4.69) is 26.2 Å². The smallest absolute Gasteiger partial charge is 0.267 e. The van der Waals surface area contributed by atoms with Gasteiger partial charge >= 0.3 is 0 Å². The van der Waals surface area contributed by atoms with Crippen LogP contribution in [0.25, 0.3) is 0 Å². The van der Waals surface area contributed by atoms with Crippen molar-refractivity contribution in [2.75, 3.05) is 6.54 Å². The summed E-state index contributed by atoms with van der Waals surface area (Å²) >= 11 is 3.26. The first kappa shape index (κ1) is 10.8. The van der Waals surface area contributed by atoms with E-state index < -0.39 is 0 Å². The summed E-state index contributed by atoms with van der Waals surface area (Å²) in [5, 5.41) is 3.36. The first-order chi connectivity index (χ1) is 7.18. The van der Waals surface area contributed by atoms with Crippen molar-refractivity contribution >= 4 is 15.9 Å². The van der Waals surface area contributed by atoms with E-state index >= 15 is 0 Å². The van der Waals surface area contributed by atoms with Gasteiger partial charge in [-0.15, -0.1) is 0 Å². The lowest BCUT2D eigenvalue weighted by molar-refractivity contribution is 0.493. The Labute approximate surface area is 96.8 Å². The molecule has 4 nitrogen and oxygen atoms in total. The van der Waals surface area contributed by atoms with Crippen LogP contribution in [0.4, 0.5) is 0 Å². The molecule has 0 aliphatic carbocycles. The van der Waals surface area contributed by atoms with Crippen molar-refractivity contribution in [3.05, 3.63) is 26.8 Å². The molecule has 1 aromatic heterocycles. The van der Waals surface area contributed by atoms with Gasteiger partial charge in [0.25, 0.3) is 5.56 Å². The minimum atomic E-state index is 0.0104. The molecular weight excluding hydrogens is 258 g/mol. The van der Waals surface area contributed by atoms with Crippen molar-refractivity contribution in [1.29, 1.82) is 0 Å². The highest BCUT2D eigenvalue weighted by molar-refractivity contribution is 9.10. The van der Waals surface area contributed by atoms with E-state index in [9.17, 15) is 4.79 Å². The Balaban J connectivity index is 2.21. The average molecular weight is 272 g/mol. The van der Waals surface area contributed by atoms with Crippen molar-refractivity contribution in [3.8, 4) is 0 Å². The second-order valence-electron chi connectivity index (χ2n) is 3.89. The first-order valence-corrected chi connectivity index (χ1v) is 5.92. The second-order valence-corrected chi connectivity index (χ2v) is 4.69. The van der Waals surface area contributed by atoms with E-state index in [1.165, 1.54) is 6.42 Å². The van der Waals surface area contributed by atoms with Gasteiger partial charge in [0, 0.05) is 12.6 Å². The zero-order chi connectivity index (χ0) is 10.8. The van der Waals surface area contributed by atoms with Crippen LogP contribution < -0.4 is 10.9 Å². The molecule has 0 aromatic carbocycles. The normalized spacial score (nSPS) is 20.8. The minimum Gasteiger partial charge on any atom is -0.312 e. The molecule has 1 atom stereocenters. The van der Waals surface area contributed by atoms with E-state index in [-0.39, 0.29) is 5.56 Å². The highest BCUT2D eigenvalue weighted by Gasteiger charge is 2.15. The van der Waals surface area contributed by atoms with Crippen molar-refractivity contribution in [2.24, 2.45) is 0 Å². The average Bonchev–Trinajstić information content (AvgIpc) is 2.72. The van der Waals surface area contributed by atoms with Crippen LogP contribution >= 0.6 is 15.9 Å². The molecule has 0 amide bonds. The maximum atomic E-state index is 11.8. The summed E-state index contributed by atoms with van der Waals surface area (Å²) in [5.74, 6) is 0. The molecule has 5 heteroatoms. The van der Waals surface area contributed by atoms with Gasteiger partial charge in [0.15, 0.2) is 0 Å². The van der Waals surface area contributed by atoms with E-state index in [4.69, 9.17) is 0 Å². The van der Waals surface area contributed by atoms with Gasteiger partial charge in [-0.3, -0.25) is 9.36 Å². The topological polar surface area (TPSA) is 46.9 Å². The quantitative estimate of drug-likeness (QED) is 0.876. The fraction of sp³-hybridized carbons (Fsp3) is 0.600. The molecule has 2 rings (SSSR count).